The second-order valence-electron chi connectivity index (χ2n) is 11.8. The average Bonchev–Trinajstić information content (AvgIpc) is 3.67. The molecular formula is C32H38FN5O3. The van der Waals surface area contributed by atoms with Crippen molar-refractivity contribution in [2.45, 2.75) is 63.3 Å². The topological polar surface area (TPSA) is 103 Å². The molecule has 8 nitrogen and oxygen atoms in total. The van der Waals surface area contributed by atoms with Gasteiger partial charge in [-0.05, 0) is 69.2 Å². The van der Waals surface area contributed by atoms with Crippen LogP contribution in [0.1, 0.15) is 62.2 Å². The number of amides is 1. The van der Waals surface area contributed by atoms with Gasteiger partial charge in [-0.15, -0.1) is 0 Å². The van der Waals surface area contributed by atoms with Gasteiger partial charge in [-0.3, -0.25) is 4.79 Å². The van der Waals surface area contributed by atoms with Gasteiger partial charge in [0.15, 0.2) is 11.9 Å². The summed E-state index contributed by atoms with van der Waals surface area (Å²) in [5.74, 6) is -1.10. The number of hydrogen-bond acceptors (Lipinski definition) is 6. The molecule has 0 spiro atoms. The van der Waals surface area contributed by atoms with E-state index in [4.69, 9.17) is 9.72 Å². The van der Waals surface area contributed by atoms with Gasteiger partial charge in [0, 0.05) is 45.0 Å². The van der Waals surface area contributed by atoms with Gasteiger partial charge >= 0.3 is 0 Å². The highest BCUT2D eigenvalue weighted by molar-refractivity contribution is 5.83. The van der Waals surface area contributed by atoms with Gasteiger partial charge in [0.25, 0.3) is 0 Å². The average molecular weight is 560 g/mol. The summed E-state index contributed by atoms with van der Waals surface area (Å²) in [6, 6.07) is 16.6. The first-order chi connectivity index (χ1) is 19.6. The van der Waals surface area contributed by atoms with E-state index in [0.717, 1.165) is 49.3 Å². The number of nitrogens with one attached hydrogen (secondary N) is 1. The summed E-state index contributed by atoms with van der Waals surface area (Å²) in [6.45, 7) is 5.01. The summed E-state index contributed by atoms with van der Waals surface area (Å²) in [5, 5.41) is 23.1. The molecule has 1 atom stereocenters. The molecule has 2 heterocycles. The number of aliphatic hydroxyl groups is 1. The maximum atomic E-state index is 13.7. The normalized spacial score (nSPS) is 17.6. The van der Waals surface area contributed by atoms with Crippen LogP contribution in [0.5, 0.6) is 0 Å². The third kappa shape index (κ3) is 6.45. The van der Waals surface area contributed by atoms with E-state index in [-0.39, 0.29) is 11.8 Å². The van der Waals surface area contributed by atoms with Crippen molar-refractivity contribution < 1.29 is 19.0 Å². The van der Waals surface area contributed by atoms with E-state index in [0.29, 0.717) is 25.2 Å². The predicted octanol–water partition coefficient (Wildman–Crippen LogP) is 4.20. The van der Waals surface area contributed by atoms with Gasteiger partial charge in [-0.1, -0.05) is 30.3 Å². The van der Waals surface area contributed by atoms with Gasteiger partial charge < -0.3 is 24.6 Å². The Morgan fingerprint density at radius 3 is 2.59 bits per heavy atom. The number of hydrogen-bond donors (Lipinski definition) is 2. The molecule has 0 unspecified atom stereocenters. The Morgan fingerprint density at radius 1 is 1.24 bits per heavy atom. The number of benzene rings is 2. The maximum Gasteiger partial charge on any atom is 0.250 e. The molecule has 1 aliphatic carbocycles. The number of halogens is 1. The van der Waals surface area contributed by atoms with E-state index in [1.165, 1.54) is 17.7 Å². The zero-order valence-corrected chi connectivity index (χ0v) is 23.9. The molecule has 1 aliphatic heterocycles. The Bertz CT molecular complexity index is 1410. The molecule has 1 amide bonds. The van der Waals surface area contributed by atoms with E-state index >= 15 is 0 Å². The van der Waals surface area contributed by atoms with Crippen LogP contribution in [0, 0.1) is 23.1 Å². The van der Waals surface area contributed by atoms with Gasteiger partial charge in [-0.25, -0.2) is 9.37 Å². The zero-order chi connectivity index (χ0) is 29.2. The number of piperidine rings is 1. The highest BCUT2D eigenvalue weighted by atomic mass is 19.1. The van der Waals surface area contributed by atoms with Crippen LogP contribution in [-0.4, -0.2) is 52.1 Å². The summed E-state index contributed by atoms with van der Waals surface area (Å²) in [4.78, 5) is 20.5. The largest absolute Gasteiger partial charge is 0.370 e. The van der Waals surface area contributed by atoms with E-state index in [9.17, 15) is 19.6 Å². The minimum absolute atomic E-state index is 0.245. The lowest BCUT2D eigenvalue weighted by atomic mass is 9.94. The first kappa shape index (κ1) is 28.8. The summed E-state index contributed by atoms with van der Waals surface area (Å²) in [6.07, 6.45) is 4.86. The number of nitriles is 1. The first-order valence-electron chi connectivity index (χ1n) is 14.3. The molecule has 0 bridgehead atoms. The minimum atomic E-state index is -1.49. The Hall–Kier alpha value is -3.74. The fraction of sp³-hybridized carbons (Fsp3) is 0.469. The number of ether oxygens (including phenoxy) is 1. The fourth-order valence-corrected chi connectivity index (χ4v) is 5.91. The van der Waals surface area contributed by atoms with Crippen LogP contribution < -0.4 is 10.2 Å². The maximum absolute atomic E-state index is 13.7. The van der Waals surface area contributed by atoms with Crippen molar-refractivity contribution >= 4 is 11.6 Å². The van der Waals surface area contributed by atoms with Crippen molar-refractivity contribution in [1.29, 1.82) is 5.26 Å². The van der Waals surface area contributed by atoms with E-state index in [1.807, 2.05) is 31.4 Å². The molecule has 0 radical (unpaired) electrons. The van der Waals surface area contributed by atoms with Crippen LogP contribution in [0.15, 0.2) is 54.7 Å². The molecule has 3 aromatic rings. The predicted molar refractivity (Wildman–Crippen MR) is 154 cm³/mol. The number of imidazole rings is 1. The minimum Gasteiger partial charge on any atom is -0.370 e. The monoisotopic (exact) mass is 559 g/mol. The Labute approximate surface area is 240 Å². The van der Waals surface area contributed by atoms with Gasteiger partial charge in [0.2, 0.25) is 5.91 Å². The SMILES string of the molecule is Cn1c(Cc2ccccc2)cnc1C1([C@@H](OC(C)(C)O)C(=O)NCC2CCN(c3ccc(F)cc3C#N)CC2)CC1. The first-order valence-corrected chi connectivity index (χ1v) is 14.3. The number of rotatable bonds is 10. The Morgan fingerprint density at radius 2 is 1.95 bits per heavy atom. The molecule has 1 aromatic heterocycles. The number of aromatic nitrogens is 2. The third-order valence-electron chi connectivity index (χ3n) is 8.29. The number of carbonyl (C=O) groups excluding carboxylic acids is 1. The van der Waals surface area contributed by atoms with Crippen LogP contribution in [0.25, 0.3) is 0 Å². The number of nitrogens with zero attached hydrogens (tertiary/aromatic N) is 4. The summed E-state index contributed by atoms with van der Waals surface area (Å²) in [5.41, 5.74) is 2.70. The van der Waals surface area contributed by atoms with Crippen molar-refractivity contribution in [2.75, 3.05) is 24.5 Å². The van der Waals surface area contributed by atoms with E-state index < -0.39 is 23.1 Å². The Kier molecular flexibility index (Phi) is 8.16. The number of anilines is 1. The molecule has 216 valence electrons. The summed E-state index contributed by atoms with van der Waals surface area (Å²) >= 11 is 0. The van der Waals surface area contributed by atoms with Crippen LogP contribution in [0.2, 0.25) is 0 Å². The molecule has 2 fully saturated rings. The zero-order valence-electron chi connectivity index (χ0n) is 23.9. The highest BCUT2D eigenvalue weighted by Crippen LogP contribution is 2.52. The second kappa shape index (κ2) is 11.6. The molecule has 2 aliphatic rings. The van der Waals surface area contributed by atoms with Crippen molar-refractivity contribution in [3.05, 3.63) is 83.2 Å². The molecule has 1 saturated carbocycles. The standard InChI is InChI=1S/C32H38FN5O3/c1-31(2,40)41-28(32(13-14-32)30-36-21-26(37(30)3)17-22-7-5-4-6-8-22)29(39)35-20-23-11-15-38(16-12-23)27-10-9-25(33)18-24(27)19-34/h4-10,18,21,23,28,40H,11-17,20H2,1-3H3,(H,35,39)/t28-/m0/s1. The molecule has 1 saturated heterocycles. The van der Waals surface area contributed by atoms with E-state index in [2.05, 4.69) is 33.0 Å². The molecule has 9 heteroatoms. The molecule has 5 rings (SSSR count). The molecule has 41 heavy (non-hydrogen) atoms. The van der Waals surface area contributed by atoms with Crippen LogP contribution >= 0.6 is 0 Å². The van der Waals surface area contributed by atoms with Crippen LogP contribution in [0.3, 0.4) is 0 Å². The Balaban J connectivity index is 1.25. The van der Waals surface area contributed by atoms with Gasteiger partial charge in [0.1, 0.15) is 17.7 Å². The third-order valence-corrected chi connectivity index (χ3v) is 8.29. The molecule has 2 N–H and O–H groups in total. The highest BCUT2D eigenvalue weighted by Gasteiger charge is 2.58. The number of carbonyl (C=O) groups is 1. The fourth-order valence-electron chi connectivity index (χ4n) is 5.91. The lowest BCUT2D eigenvalue weighted by Gasteiger charge is -2.35. The summed E-state index contributed by atoms with van der Waals surface area (Å²) < 4.78 is 21.7. The lowest BCUT2D eigenvalue weighted by molar-refractivity contribution is -0.214. The van der Waals surface area contributed by atoms with Crippen molar-refractivity contribution in [3.63, 3.8) is 0 Å². The van der Waals surface area contributed by atoms with Crippen molar-refractivity contribution in [2.24, 2.45) is 13.0 Å². The molecule has 2 aromatic carbocycles. The molecular weight excluding hydrogens is 521 g/mol. The van der Waals surface area contributed by atoms with Crippen LogP contribution in [0.4, 0.5) is 10.1 Å². The summed E-state index contributed by atoms with van der Waals surface area (Å²) in [7, 11) is 1.98. The van der Waals surface area contributed by atoms with Crippen LogP contribution in [-0.2, 0) is 28.4 Å². The van der Waals surface area contributed by atoms with E-state index in [1.54, 1.807) is 19.9 Å². The van der Waals surface area contributed by atoms with Gasteiger partial charge in [-0.2, -0.15) is 5.26 Å². The smallest absolute Gasteiger partial charge is 0.250 e. The van der Waals surface area contributed by atoms with Gasteiger partial charge in [0.05, 0.1) is 16.7 Å². The van der Waals surface area contributed by atoms with Crippen molar-refractivity contribution in [1.82, 2.24) is 14.9 Å². The lowest BCUT2D eigenvalue weighted by Crippen LogP contribution is -2.50. The van der Waals surface area contributed by atoms with Crippen molar-refractivity contribution in [3.8, 4) is 6.07 Å². The quantitative estimate of drug-likeness (QED) is 0.361. The second-order valence-corrected chi connectivity index (χ2v) is 11.8.